The van der Waals surface area contributed by atoms with E-state index in [2.05, 4.69) is 43.3 Å². The number of nitrogens with zero attached hydrogens (tertiary/aromatic N) is 4. The molecule has 0 aliphatic rings. The van der Waals surface area contributed by atoms with Crippen LogP contribution in [0, 0.1) is 3.57 Å². The van der Waals surface area contributed by atoms with E-state index in [-0.39, 0.29) is 6.04 Å². The molecule has 7 heteroatoms. The molecule has 1 unspecified atom stereocenters. The first-order chi connectivity index (χ1) is 8.60. The molecule has 0 saturated heterocycles. The van der Waals surface area contributed by atoms with Crippen LogP contribution in [0.15, 0.2) is 18.2 Å². The van der Waals surface area contributed by atoms with Crippen LogP contribution in [-0.4, -0.2) is 27.3 Å². The Morgan fingerprint density at radius 1 is 1.50 bits per heavy atom. The van der Waals surface area contributed by atoms with Gasteiger partial charge in [-0.2, -0.15) is 4.80 Å². The molecule has 5 nitrogen and oxygen atoms in total. The fraction of sp³-hybridized carbons (Fsp3) is 0.364. The van der Waals surface area contributed by atoms with E-state index in [0.29, 0.717) is 12.2 Å². The predicted octanol–water partition coefficient (Wildman–Crippen LogP) is 1.97. The third kappa shape index (κ3) is 3.18. The van der Waals surface area contributed by atoms with Crippen molar-refractivity contribution in [1.82, 2.24) is 25.5 Å². The summed E-state index contributed by atoms with van der Waals surface area (Å²) in [7, 11) is 3.67. The Morgan fingerprint density at radius 2 is 2.28 bits per heavy atom. The Labute approximate surface area is 124 Å². The van der Waals surface area contributed by atoms with Gasteiger partial charge >= 0.3 is 0 Å². The zero-order valence-electron chi connectivity index (χ0n) is 10.1. The van der Waals surface area contributed by atoms with Crippen LogP contribution >= 0.6 is 34.2 Å². The number of likely N-dealkylation sites (N-methyl/N-ethyl adjacent to an activating group) is 1. The van der Waals surface area contributed by atoms with Crippen LogP contribution in [0.2, 0.25) is 5.02 Å². The lowest BCUT2D eigenvalue weighted by Crippen LogP contribution is -2.20. The van der Waals surface area contributed by atoms with E-state index in [9.17, 15) is 0 Å². The zero-order chi connectivity index (χ0) is 13.1. The standard InChI is InChI=1S/C11H13ClIN5/c1-14-10(6-11-15-17-18(2)16-11)8-5-7(12)3-4-9(8)13/h3-5,10,14H,6H2,1-2H3. The summed E-state index contributed by atoms with van der Waals surface area (Å²) >= 11 is 8.35. The molecule has 1 atom stereocenters. The van der Waals surface area contributed by atoms with Gasteiger partial charge in [-0.3, -0.25) is 0 Å². The van der Waals surface area contributed by atoms with Crippen molar-refractivity contribution < 1.29 is 0 Å². The number of halogens is 2. The molecule has 2 rings (SSSR count). The van der Waals surface area contributed by atoms with Crippen molar-refractivity contribution in [2.24, 2.45) is 7.05 Å². The van der Waals surface area contributed by atoms with E-state index in [1.165, 1.54) is 8.37 Å². The summed E-state index contributed by atoms with van der Waals surface area (Å²) in [4.78, 5) is 1.46. The minimum Gasteiger partial charge on any atom is -0.313 e. The molecule has 0 spiro atoms. The second-order valence-electron chi connectivity index (χ2n) is 3.91. The first-order valence-corrected chi connectivity index (χ1v) is 6.91. The van der Waals surface area contributed by atoms with E-state index >= 15 is 0 Å². The largest absolute Gasteiger partial charge is 0.313 e. The molecule has 18 heavy (non-hydrogen) atoms. The van der Waals surface area contributed by atoms with Gasteiger partial charge in [-0.05, 0) is 58.6 Å². The second kappa shape index (κ2) is 5.94. The number of nitrogens with one attached hydrogen (secondary N) is 1. The smallest absolute Gasteiger partial charge is 0.176 e. The Bertz CT molecular complexity index is 542. The third-order valence-corrected chi connectivity index (χ3v) is 3.84. The number of aromatic nitrogens is 4. The average Bonchev–Trinajstić information content (AvgIpc) is 2.75. The highest BCUT2D eigenvalue weighted by molar-refractivity contribution is 14.1. The van der Waals surface area contributed by atoms with Gasteiger partial charge in [0, 0.05) is 21.1 Å². The SMILES string of the molecule is CNC(Cc1nnn(C)n1)c1cc(Cl)ccc1I. The van der Waals surface area contributed by atoms with E-state index in [1.54, 1.807) is 7.05 Å². The van der Waals surface area contributed by atoms with Crippen molar-refractivity contribution >= 4 is 34.2 Å². The fourth-order valence-electron chi connectivity index (χ4n) is 1.74. The molecule has 0 bridgehead atoms. The van der Waals surface area contributed by atoms with Crippen molar-refractivity contribution in [3.05, 3.63) is 38.2 Å². The molecule has 1 aromatic heterocycles. The van der Waals surface area contributed by atoms with Crippen LogP contribution in [0.25, 0.3) is 0 Å². The minimum absolute atomic E-state index is 0.125. The zero-order valence-corrected chi connectivity index (χ0v) is 13.0. The van der Waals surface area contributed by atoms with E-state index in [4.69, 9.17) is 11.6 Å². The number of aryl methyl sites for hydroxylation is 1. The molecule has 0 aliphatic carbocycles. The predicted molar refractivity (Wildman–Crippen MR) is 78.5 cm³/mol. The Morgan fingerprint density at radius 3 is 2.89 bits per heavy atom. The maximum atomic E-state index is 6.05. The second-order valence-corrected chi connectivity index (χ2v) is 5.50. The summed E-state index contributed by atoms with van der Waals surface area (Å²) in [6.07, 6.45) is 0.681. The Kier molecular flexibility index (Phi) is 4.52. The van der Waals surface area contributed by atoms with Crippen LogP contribution in [0.1, 0.15) is 17.4 Å². The molecule has 1 aromatic carbocycles. The highest BCUT2D eigenvalue weighted by atomic mass is 127. The molecule has 1 N–H and O–H groups in total. The van der Waals surface area contributed by atoms with Gasteiger partial charge in [0.15, 0.2) is 5.82 Å². The molecule has 2 aromatic rings. The quantitative estimate of drug-likeness (QED) is 0.828. The van der Waals surface area contributed by atoms with Crippen molar-refractivity contribution in [3.8, 4) is 0 Å². The lowest BCUT2D eigenvalue weighted by molar-refractivity contribution is 0.568. The molecule has 0 amide bonds. The van der Waals surface area contributed by atoms with Crippen LogP contribution < -0.4 is 5.32 Å². The highest BCUT2D eigenvalue weighted by Crippen LogP contribution is 2.25. The van der Waals surface area contributed by atoms with Crippen LogP contribution in [0.3, 0.4) is 0 Å². The van der Waals surface area contributed by atoms with Crippen LogP contribution in [0.5, 0.6) is 0 Å². The van der Waals surface area contributed by atoms with Gasteiger partial charge < -0.3 is 5.32 Å². The number of hydrogen-bond acceptors (Lipinski definition) is 4. The maximum Gasteiger partial charge on any atom is 0.176 e. The molecule has 0 aliphatic heterocycles. The Balaban J connectivity index is 2.25. The minimum atomic E-state index is 0.125. The first kappa shape index (κ1) is 13.7. The van der Waals surface area contributed by atoms with E-state index in [1.807, 2.05) is 25.2 Å². The van der Waals surface area contributed by atoms with Crippen LogP contribution in [0.4, 0.5) is 0 Å². The summed E-state index contributed by atoms with van der Waals surface area (Å²) in [6, 6.07) is 5.99. The number of rotatable bonds is 4. The van der Waals surface area contributed by atoms with Gasteiger partial charge in [0.2, 0.25) is 0 Å². The van der Waals surface area contributed by atoms with Gasteiger partial charge in [0.25, 0.3) is 0 Å². The van der Waals surface area contributed by atoms with Crippen molar-refractivity contribution in [1.29, 1.82) is 0 Å². The van der Waals surface area contributed by atoms with Gasteiger partial charge in [-0.15, -0.1) is 10.2 Å². The number of benzene rings is 1. The van der Waals surface area contributed by atoms with Crippen LogP contribution in [-0.2, 0) is 13.5 Å². The summed E-state index contributed by atoms with van der Waals surface area (Å²) in [5, 5.41) is 16.0. The molecular formula is C11H13ClIN5. The Hall–Kier alpha value is -0.730. The molecular weight excluding hydrogens is 365 g/mol. The van der Waals surface area contributed by atoms with Gasteiger partial charge in [0.1, 0.15) is 0 Å². The summed E-state index contributed by atoms with van der Waals surface area (Å²) < 4.78 is 1.17. The number of hydrogen-bond donors (Lipinski definition) is 1. The number of tetrazole rings is 1. The van der Waals surface area contributed by atoms with E-state index in [0.717, 1.165) is 10.6 Å². The van der Waals surface area contributed by atoms with Gasteiger partial charge in [0.05, 0.1) is 7.05 Å². The highest BCUT2D eigenvalue weighted by Gasteiger charge is 2.16. The van der Waals surface area contributed by atoms with Crippen molar-refractivity contribution in [3.63, 3.8) is 0 Å². The van der Waals surface area contributed by atoms with Crippen molar-refractivity contribution in [2.75, 3.05) is 7.05 Å². The van der Waals surface area contributed by atoms with Gasteiger partial charge in [-0.1, -0.05) is 11.6 Å². The van der Waals surface area contributed by atoms with Crippen molar-refractivity contribution in [2.45, 2.75) is 12.5 Å². The molecule has 96 valence electrons. The topological polar surface area (TPSA) is 55.6 Å². The third-order valence-electron chi connectivity index (χ3n) is 2.62. The molecule has 0 saturated carbocycles. The average molecular weight is 378 g/mol. The summed E-state index contributed by atoms with van der Waals surface area (Å²) in [5.41, 5.74) is 1.15. The molecule has 1 heterocycles. The molecule has 0 fully saturated rings. The molecule has 0 radical (unpaired) electrons. The van der Waals surface area contributed by atoms with E-state index < -0.39 is 0 Å². The summed E-state index contributed by atoms with van der Waals surface area (Å²) in [6.45, 7) is 0. The fourth-order valence-corrected chi connectivity index (χ4v) is 2.63. The lowest BCUT2D eigenvalue weighted by atomic mass is 10.0. The summed E-state index contributed by atoms with van der Waals surface area (Å²) in [5.74, 6) is 0.715. The first-order valence-electron chi connectivity index (χ1n) is 5.45. The lowest BCUT2D eigenvalue weighted by Gasteiger charge is -2.16. The normalized spacial score (nSPS) is 12.7. The van der Waals surface area contributed by atoms with Gasteiger partial charge in [-0.25, -0.2) is 0 Å². The monoisotopic (exact) mass is 377 g/mol. The maximum absolute atomic E-state index is 6.05.